The van der Waals surface area contributed by atoms with Crippen molar-refractivity contribution in [2.75, 3.05) is 6.61 Å². The molecule has 2 aromatic carbocycles. The largest absolute Gasteiger partial charge is 0.483 e. The highest BCUT2D eigenvalue weighted by Gasteiger charge is 2.12. The minimum atomic E-state index is -0.488. The standard InChI is InChI=1S/C17H15BrClN3O4/c1-10-7-14(16(18)11(2)17(10)19)26-9-15(23)21-20-8-12-3-5-13(6-4-12)22(24)25/h3-8H,9H2,1-2H3,(H,21,23)/b20-8+. The molecule has 2 rings (SSSR count). The fraction of sp³-hybridized carbons (Fsp3) is 0.176. The Labute approximate surface area is 163 Å². The van der Waals surface area contributed by atoms with Gasteiger partial charge in [-0.1, -0.05) is 11.6 Å². The molecule has 0 atom stereocenters. The van der Waals surface area contributed by atoms with Crippen LogP contribution in [0.2, 0.25) is 5.02 Å². The third-order valence-electron chi connectivity index (χ3n) is 3.43. The molecule has 0 saturated carbocycles. The van der Waals surface area contributed by atoms with Crippen molar-refractivity contribution >= 4 is 45.3 Å². The Balaban J connectivity index is 1.90. The monoisotopic (exact) mass is 439 g/mol. The summed E-state index contributed by atoms with van der Waals surface area (Å²) in [5.41, 5.74) is 4.61. The van der Waals surface area contributed by atoms with Crippen molar-refractivity contribution in [2.24, 2.45) is 5.10 Å². The Morgan fingerprint density at radius 2 is 2.04 bits per heavy atom. The smallest absolute Gasteiger partial charge is 0.277 e. The molecule has 7 nitrogen and oxygen atoms in total. The first kappa shape index (κ1) is 19.9. The van der Waals surface area contributed by atoms with Crippen LogP contribution in [0.3, 0.4) is 0 Å². The van der Waals surface area contributed by atoms with E-state index in [1.807, 2.05) is 13.8 Å². The van der Waals surface area contributed by atoms with Gasteiger partial charge in [-0.2, -0.15) is 5.10 Å². The zero-order valence-electron chi connectivity index (χ0n) is 14.0. The molecular weight excluding hydrogens is 426 g/mol. The molecule has 1 amide bonds. The van der Waals surface area contributed by atoms with Crippen LogP contribution in [0.25, 0.3) is 0 Å². The Morgan fingerprint density at radius 1 is 1.38 bits per heavy atom. The Hall–Kier alpha value is -2.45. The van der Waals surface area contributed by atoms with Crippen LogP contribution in [0.4, 0.5) is 5.69 Å². The minimum Gasteiger partial charge on any atom is -0.483 e. The van der Waals surface area contributed by atoms with E-state index in [0.29, 0.717) is 20.8 Å². The highest BCUT2D eigenvalue weighted by molar-refractivity contribution is 9.10. The SMILES string of the molecule is Cc1cc(OCC(=O)N/N=C/c2ccc([N+](=O)[O-])cc2)c(Br)c(C)c1Cl. The van der Waals surface area contributed by atoms with E-state index in [2.05, 4.69) is 26.5 Å². The topological polar surface area (TPSA) is 93.8 Å². The van der Waals surface area contributed by atoms with Gasteiger partial charge in [0.2, 0.25) is 0 Å². The van der Waals surface area contributed by atoms with Crippen molar-refractivity contribution in [1.29, 1.82) is 0 Å². The second-order valence-electron chi connectivity index (χ2n) is 5.38. The van der Waals surface area contributed by atoms with Crippen LogP contribution >= 0.6 is 27.5 Å². The summed E-state index contributed by atoms with van der Waals surface area (Å²) in [7, 11) is 0. The summed E-state index contributed by atoms with van der Waals surface area (Å²) >= 11 is 9.55. The molecule has 136 valence electrons. The number of benzene rings is 2. The van der Waals surface area contributed by atoms with Gasteiger partial charge >= 0.3 is 0 Å². The first-order valence-electron chi connectivity index (χ1n) is 7.44. The van der Waals surface area contributed by atoms with Crippen LogP contribution < -0.4 is 10.2 Å². The van der Waals surface area contributed by atoms with E-state index in [9.17, 15) is 14.9 Å². The fourth-order valence-electron chi connectivity index (χ4n) is 2.04. The number of nitro benzene ring substituents is 1. The molecule has 0 fully saturated rings. The molecule has 0 aliphatic rings. The van der Waals surface area contributed by atoms with E-state index in [4.69, 9.17) is 16.3 Å². The zero-order chi connectivity index (χ0) is 19.3. The summed E-state index contributed by atoms with van der Waals surface area (Å²) in [6.45, 7) is 3.47. The summed E-state index contributed by atoms with van der Waals surface area (Å²) in [4.78, 5) is 21.9. The highest BCUT2D eigenvalue weighted by Crippen LogP contribution is 2.35. The number of halogens is 2. The molecular formula is C17H15BrClN3O4. The van der Waals surface area contributed by atoms with Crippen LogP contribution in [0.1, 0.15) is 16.7 Å². The summed E-state index contributed by atoms with van der Waals surface area (Å²) in [6, 6.07) is 7.51. The normalized spacial score (nSPS) is 10.8. The molecule has 2 aromatic rings. The molecule has 0 bridgehead atoms. The van der Waals surface area contributed by atoms with E-state index >= 15 is 0 Å². The third kappa shape index (κ3) is 5.03. The zero-order valence-corrected chi connectivity index (χ0v) is 16.3. The number of ether oxygens (including phenoxy) is 1. The van der Waals surface area contributed by atoms with E-state index in [-0.39, 0.29) is 12.3 Å². The van der Waals surface area contributed by atoms with E-state index in [1.54, 1.807) is 6.07 Å². The van der Waals surface area contributed by atoms with Crippen LogP contribution in [-0.4, -0.2) is 23.7 Å². The van der Waals surface area contributed by atoms with Gasteiger partial charge < -0.3 is 4.74 Å². The lowest BCUT2D eigenvalue weighted by Gasteiger charge is -2.12. The first-order chi connectivity index (χ1) is 12.3. The summed E-state index contributed by atoms with van der Waals surface area (Å²) in [6.07, 6.45) is 1.38. The maximum Gasteiger partial charge on any atom is 0.277 e. The average Bonchev–Trinajstić information content (AvgIpc) is 2.62. The van der Waals surface area contributed by atoms with E-state index < -0.39 is 10.8 Å². The lowest BCUT2D eigenvalue weighted by atomic mass is 10.1. The van der Waals surface area contributed by atoms with Crippen molar-refractivity contribution in [2.45, 2.75) is 13.8 Å². The molecule has 0 spiro atoms. The van der Waals surface area contributed by atoms with Crippen LogP contribution in [-0.2, 0) is 4.79 Å². The number of carbonyl (C=O) groups is 1. The lowest BCUT2D eigenvalue weighted by Crippen LogP contribution is -2.24. The fourth-order valence-corrected chi connectivity index (χ4v) is 2.73. The van der Waals surface area contributed by atoms with Crippen LogP contribution in [0, 0.1) is 24.0 Å². The lowest BCUT2D eigenvalue weighted by molar-refractivity contribution is -0.384. The van der Waals surface area contributed by atoms with Crippen molar-refractivity contribution in [3.63, 3.8) is 0 Å². The summed E-state index contributed by atoms with van der Waals surface area (Å²) in [5.74, 6) is 0.0687. The van der Waals surface area contributed by atoms with Gasteiger partial charge in [-0.25, -0.2) is 5.43 Å². The molecule has 0 heterocycles. The van der Waals surface area contributed by atoms with Gasteiger partial charge in [0.1, 0.15) is 5.75 Å². The number of aryl methyl sites for hydroxylation is 1. The molecule has 0 aliphatic heterocycles. The maximum atomic E-state index is 11.8. The van der Waals surface area contributed by atoms with Crippen molar-refractivity contribution in [3.05, 3.63) is 66.6 Å². The van der Waals surface area contributed by atoms with Gasteiger partial charge in [-0.15, -0.1) is 0 Å². The Bertz CT molecular complexity index is 869. The van der Waals surface area contributed by atoms with Gasteiger partial charge in [0.15, 0.2) is 6.61 Å². The molecule has 0 radical (unpaired) electrons. The van der Waals surface area contributed by atoms with Gasteiger partial charge in [0.25, 0.3) is 11.6 Å². The van der Waals surface area contributed by atoms with Gasteiger partial charge in [-0.05, 0) is 64.7 Å². The predicted molar refractivity (Wildman–Crippen MR) is 103 cm³/mol. The van der Waals surface area contributed by atoms with Crippen LogP contribution in [0.5, 0.6) is 5.75 Å². The predicted octanol–water partition coefficient (Wildman–Crippen LogP) is 4.16. The Morgan fingerprint density at radius 3 is 2.65 bits per heavy atom. The quantitative estimate of drug-likeness (QED) is 0.415. The van der Waals surface area contributed by atoms with Gasteiger partial charge in [0.05, 0.1) is 15.6 Å². The number of rotatable bonds is 6. The second-order valence-corrected chi connectivity index (χ2v) is 6.55. The molecule has 0 unspecified atom stereocenters. The number of carbonyl (C=O) groups excluding carboxylic acids is 1. The summed E-state index contributed by atoms with van der Waals surface area (Å²) in [5, 5.41) is 15.0. The number of nitro groups is 1. The first-order valence-corrected chi connectivity index (χ1v) is 8.61. The number of hydrazone groups is 1. The molecule has 0 aromatic heterocycles. The van der Waals surface area contributed by atoms with Gasteiger partial charge in [0, 0.05) is 17.2 Å². The second kappa shape index (κ2) is 8.77. The van der Waals surface area contributed by atoms with Crippen molar-refractivity contribution in [1.82, 2.24) is 5.43 Å². The van der Waals surface area contributed by atoms with E-state index in [1.165, 1.54) is 30.5 Å². The Kier molecular flexibility index (Phi) is 6.70. The number of non-ortho nitro benzene ring substituents is 1. The molecule has 9 heteroatoms. The van der Waals surface area contributed by atoms with Crippen molar-refractivity contribution in [3.8, 4) is 5.75 Å². The molecule has 0 saturated heterocycles. The highest BCUT2D eigenvalue weighted by atomic mass is 79.9. The molecule has 0 aliphatic carbocycles. The molecule has 26 heavy (non-hydrogen) atoms. The average molecular weight is 441 g/mol. The number of amides is 1. The number of nitrogens with zero attached hydrogens (tertiary/aromatic N) is 2. The van der Waals surface area contributed by atoms with E-state index in [0.717, 1.165) is 11.1 Å². The minimum absolute atomic E-state index is 0.0151. The third-order valence-corrected chi connectivity index (χ3v) is 5.00. The number of hydrogen-bond donors (Lipinski definition) is 1. The van der Waals surface area contributed by atoms with Gasteiger partial charge in [-0.3, -0.25) is 14.9 Å². The maximum absolute atomic E-state index is 11.8. The van der Waals surface area contributed by atoms with Crippen LogP contribution in [0.15, 0.2) is 39.9 Å². The van der Waals surface area contributed by atoms with Crippen molar-refractivity contribution < 1.29 is 14.5 Å². The summed E-state index contributed by atoms with van der Waals surface area (Å²) < 4.78 is 6.18. The molecule has 1 N–H and O–H groups in total. The number of hydrogen-bond acceptors (Lipinski definition) is 5. The number of nitrogens with one attached hydrogen (secondary N) is 1.